The van der Waals surface area contributed by atoms with Gasteiger partial charge in [-0.05, 0) is 32.0 Å². The molecule has 1 atom stereocenters. The molecule has 2 aromatic rings. The average molecular weight is 315 g/mol. The fraction of sp³-hybridized carbons (Fsp3) is 0.500. The molecule has 2 heterocycles. The minimum absolute atomic E-state index is 0.0619. The Morgan fingerprint density at radius 2 is 2.22 bits per heavy atom. The molecule has 0 radical (unpaired) electrons. The Labute approximate surface area is 134 Å². The van der Waals surface area contributed by atoms with Gasteiger partial charge in [0, 0.05) is 25.6 Å². The standard InChI is InChI=1S/C16H21N5O2/c1-17-12-5-4-9-20(11-12)15(22)8-10-21-16(23)13-6-2-3-7-14(13)18-19-21/h2-3,6-7,12,17H,4-5,8-11H2,1H3. The monoisotopic (exact) mass is 315 g/mol. The molecule has 1 aliphatic heterocycles. The van der Waals surface area contributed by atoms with Crippen molar-refractivity contribution in [3.8, 4) is 0 Å². The van der Waals surface area contributed by atoms with Crippen molar-refractivity contribution in [2.45, 2.75) is 31.8 Å². The van der Waals surface area contributed by atoms with Gasteiger partial charge < -0.3 is 10.2 Å². The molecule has 0 bridgehead atoms. The minimum Gasteiger partial charge on any atom is -0.341 e. The number of amides is 1. The first-order valence-electron chi connectivity index (χ1n) is 7.96. The van der Waals surface area contributed by atoms with Gasteiger partial charge in [0.2, 0.25) is 5.91 Å². The number of carbonyl (C=O) groups is 1. The molecule has 1 unspecified atom stereocenters. The summed E-state index contributed by atoms with van der Waals surface area (Å²) in [7, 11) is 1.92. The molecule has 0 aliphatic carbocycles. The van der Waals surface area contributed by atoms with Gasteiger partial charge in [-0.25, -0.2) is 4.68 Å². The number of fused-ring (bicyclic) bond motifs is 1. The van der Waals surface area contributed by atoms with Gasteiger partial charge in [0.1, 0.15) is 5.52 Å². The van der Waals surface area contributed by atoms with Crippen LogP contribution in [-0.2, 0) is 11.3 Å². The van der Waals surface area contributed by atoms with Gasteiger partial charge in [0.15, 0.2) is 0 Å². The number of likely N-dealkylation sites (tertiary alicyclic amines) is 1. The van der Waals surface area contributed by atoms with Crippen LogP contribution in [-0.4, -0.2) is 52.0 Å². The van der Waals surface area contributed by atoms with E-state index in [1.807, 2.05) is 18.0 Å². The van der Waals surface area contributed by atoms with E-state index in [4.69, 9.17) is 0 Å². The largest absolute Gasteiger partial charge is 0.341 e. The molecule has 0 spiro atoms. The van der Waals surface area contributed by atoms with Crippen molar-refractivity contribution in [1.29, 1.82) is 0 Å². The summed E-state index contributed by atoms with van der Waals surface area (Å²) in [5.74, 6) is 0.0619. The number of hydrogen-bond donors (Lipinski definition) is 1. The average Bonchev–Trinajstić information content (AvgIpc) is 2.61. The van der Waals surface area contributed by atoms with Crippen molar-refractivity contribution in [3.05, 3.63) is 34.6 Å². The normalized spacial score (nSPS) is 18.3. The van der Waals surface area contributed by atoms with Crippen molar-refractivity contribution in [2.24, 2.45) is 0 Å². The van der Waals surface area contributed by atoms with Gasteiger partial charge in [-0.1, -0.05) is 17.3 Å². The highest BCUT2D eigenvalue weighted by Crippen LogP contribution is 2.11. The van der Waals surface area contributed by atoms with E-state index in [9.17, 15) is 9.59 Å². The molecule has 23 heavy (non-hydrogen) atoms. The fourth-order valence-corrected chi connectivity index (χ4v) is 2.97. The number of carbonyl (C=O) groups excluding carboxylic acids is 1. The van der Waals surface area contributed by atoms with Crippen molar-refractivity contribution >= 4 is 16.8 Å². The fourth-order valence-electron chi connectivity index (χ4n) is 2.97. The summed E-state index contributed by atoms with van der Waals surface area (Å²) >= 11 is 0. The van der Waals surface area contributed by atoms with Gasteiger partial charge in [0.25, 0.3) is 5.56 Å². The van der Waals surface area contributed by atoms with Crippen LogP contribution in [0.1, 0.15) is 19.3 Å². The van der Waals surface area contributed by atoms with Crippen LogP contribution in [0.15, 0.2) is 29.1 Å². The topological polar surface area (TPSA) is 80.1 Å². The zero-order valence-corrected chi connectivity index (χ0v) is 13.2. The summed E-state index contributed by atoms with van der Waals surface area (Å²) in [6.07, 6.45) is 2.37. The van der Waals surface area contributed by atoms with E-state index in [0.29, 0.717) is 16.9 Å². The molecule has 1 saturated heterocycles. The predicted molar refractivity (Wildman–Crippen MR) is 87.1 cm³/mol. The maximum Gasteiger partial charge on any atom is 0.277 e. The van der Waals surface area contributed by atoms with Crippen molar-refractivity contribution in [3.63, 3.8) is 0 Å². The number of aryl methyl sites for hydroxylation is 1. The molecule has 1 amide bonds. The predicted octanol–water partition coefficient (Wildman–Crippen LogP) is 0.392. The Balaban J connectivity index is 1.67. The van der Waals surface area contributed by atoms with Crippen LogP contribution in [0.25, 0.3) is 10.9 Å². The van der Waals surface area contributed by atoms with Crippen LogP contribution in [0.3, 0.4) is 0 Å². The minimum atomic E-state index is -0.199. The molecule has 3 rings (SSSR count). The smallest absolute Gasteiger partial charge is 0.277 e. The third kappa shape index (κ3) is 3.39. The number of benzene rings is 1. The molecule has 1 aromatic heterocycles. The second-order valence-corrected chi connectivity index (χ2v) is 5.85. The van der Waals surface area contributed by atoms with E-state index in [0.717, 1.165) is 25.9 Å². The number of nitrogens with zero attached hydrogens (tertiary/aromatic N) is 4. The Morgan fingerprint density at radius 1 is 1.39 bits per heavy atom. The summed E-state index contributed by atoms with van der Waals surface area (Å²) < 4.78 is 1.28. The SMILES string of the molecule is CNC1CCCN(C(=O)CCn2nnc3ccccc3c2=O)C1. The van der Waals surface area contributed by atoms with Crippen molar-refractivity contribution in [1.82, 2.24) is 25.2 Å². The number of likely N-dealkylation sites (N-methyl/N-ethyl adjacent to an activating group) is 1. The first-order chi connectivity index (χ1) is 11.2. The van der Waals surface area contributed by atoms with Gasteiger partial charge >= 0.3 is 0 Å². The van der Waals surface area contributed by atoms with E-state index in [1.54, 1.807) is 18.2 Å². The molecule has 122 valence electrons. The Morgan fingerprint density at radius 3 is 3.04 bits per heavy atom. The van der Waals surface area contributed by atoms with Crippen LogP contribution in [0.4, 0.5) is 0 Å². The van der Waals surface area contributed by atoms with E-state index in [2.05, 4.69) is 15.6 Å². The highest BCUT2D eigenvalue weighted by Gasteiger charge is 2.22. The van der Waals surface area contributed by atoms with Crippen LogP contribution in [0.5, 0.6) is 0 Å². The Bertz CT molecular complexity index is 757. The van der Waals surface area contributed by atoms with Crippen LogP contribution < -0.4 is 10.9 Å². The Hall–Kier alpha value is -2.28. The molecule has 1 aromatic carbocycles. The zero-order chi connectivity index (χ0) is 16.2. The van der Waals surface area contributed by atoms with Crippen LogP contribution >= 0.6 is 0 Å². The molecule has 1 aliphatic rings. The summed E-state index contributed by atoms with van der Waals surface area (Å²) in [5, 5.41) is 11.7. The van der Waals surface area contributed by atoms with Crippen LogP contribution in [0.2, 0.25) is 0 Å². The van der Waals surface area contributed by atoms with Gasteiger partial charge in [-0.3, -0.25) is 9.59 Å². The summed E-state index contributed by atoms with van der Waals surface area (Å²) in [6.45, 7) is 1.78. The Kier molecular flexibility index (Phi) is 4.66. The maximum absolute atomic E-state index is 12.3. The second-order valence-electron chi connectivity index (χ2n) is 5.85. The third-order valence-corrected chi connectivity index (χ3v) is 4.35. The molecule has 1 N–H and O–H groups in total. The maximum atomic E-state index is 12.3. The van der Waals surface area contributed by atoms with E-state index in [1.165, 1.54) is 4.68 Å². The van der Waals surface area contributed by atoms with E-state index in [-0.39, 0.29) is 24.4 Å². The first kappa shape index (κ1) is 15.6. The lowest BCUT2D eigenvalue weighted by Gasteiger charge is -2.32. The lowest BCUT2D eigenvalue weighted by molar-refractivity contribution is -0.132. The highest BCUT2D eigenvalue weighted by atomic mass is 16.2. The van der Waals surface area contributed by atoms with Crippen LogP contribution in [0, 0.1) is 0 Å². The number of aromatic nitrogens is 3. The van der Waals surface area contributed by atoms with Gasteiger partial charge in [-0.2, -0.15) is 0 Å². The molecule has 1 fully saturated rings. The second kappa shape index (κ2) is 6.87. The first-order valence-corrected chi connectivity index (χ1v) is 7.96. The molecular weight excluding hydrogens is 294 g/mol. The number of piperidine rings is 1. The number of rotatable bonds is 4. The van der Waals surface area contributed by atoms with Crippen molar-refractivity contribution in [2.75, 3.05) is 20.1 Å². The summed E-state index contributed by atoms with van der Waals surface area (Å²) in [6, 6.07) is 7.46. The van der Waals surface area contributed by atoms with Gasteiger partial charge in [0.05, 0.1) is 11.9 Å². The number of hydrogen-bond acceptors (Lipinski definition) is 5. The highest BCUT2D eigenvalue weighted by molar-refractivity contribution is 5.77. The molecule has 0 saturated carbocycles. The van der Waals surface area contributed by atoms with Crippen molar-refractivity contribution < 1.29 is 4.79 Å². The van der Waals surface area contributed by atoms with E-state index >= 15 is 0 Å². The molecule has 7 heteroatoms. The molecular formula is C16H21N5O2. The molecule has 7 nitrogen and oxygen atoms in total. The summed E-state index contributed by atoms with van der Waals surface area (Å²) in [5.41, 5.74) is 0.378. The number of nitrogens with one attached hydrogen (secondary N) is 1. The zero-order valence-electron chi connectivity index (χ0n) is 13.2. The lowest BCUT2D eigenvalue weighted by atomic mass is 10.1. The van der Waals surface area contributed by atoms with Gasteiger partial charge in [-0.15, -0.1) is 5.10 Å². The quantitative estimate of drug-likeness (QED) is 0.883. The lowest BCUT2D eigenvalue weighted by Crippen LogP contribution is -2.47. The van der Waals surface area contributed by atoms with E-state index < -0.39 is 0 Å². The third-order valence-electron chi connectivity index (χ3n) is 4.35. The summed E-state index contributed by atoms with van der Waals surface area (Å²) in [4.78, 5) is 26.5.